The monoisotopic (exact) mass is 292 g/mol. The van der Waals surface area contributed by atoms with Gasteiger partial charge in [0.05, 0.1) is 5.75 Å². The standard InChI is InChI=1S/C12H20N2O2S.ClH/c1-10-4-3-5-12(8-10)9-17(15,16)14-7-6-11(2)13;/h3-5,8,11,14H,6-7,9,13H2,1-2H3;1H. The Labute approximate surface area is 115 Å². The lowest BCUT2D eigenvalue weighted by Gasteiger charge is -2.08. The van der Waals surface area contributed by atoms with Crippen molar-refractivity contribution < 1.29 is 8.42 Å². The highest BCUT2D eigenvalue weighted by molar-refractivity contribution is 7.88. The fraction of sp³-hybridized carbons (Fsp3) is 0.500. The van der Waals surface area contributed by atoms with Crippen molar-refractivity contribution in [1.82, 2.24) is 4.72 Å². The first-order chi connectivity index (χ1) is 7.89. The van der Waals surface area contributed by atoms with Crippen LogP contribution >= 0.6 is 12.4 Å². The molecule has 1 atom stereocenters. The Kier molecular flexibility index (Phi) is 7.47. The van der Waals surface area contributed by atoms with Gasteiger partial charge in [0, 0.05) is 12.6 Å². The summed E-state index contributed by atoms with van der Waals surface area (Å²) in [5, 5.41) is 0. The number of benzene rings is 1. The maximum absolute atomic E-state index is 11.7. The van der Waals surface area contributed by atoms with Crippen LogP contribution in [0.2, 0.25) is 0 Å². The Balaban J connectivity index is 0.00000289. The van der Waals surface area contributed by atoms with Gasteiger partial charge in [-0.3, -0.25) is 0 Å². The highest BCUT2D eigenvalue weighted by Crippen LogP contribution is 2.07. The van der Waals surface area contributed by atoms with E-state index >= 15 is 0 Å². The van der Waals surface area contributed by atoms with E-state index in [9.17, 15) is 8.42 Å². The molecule has 0 bridgehead atoms. The average molecular weight is 293 g/mol. The molecule has 0 saturated carbocycles. The zero-order valence-electron chi connectivity index (χ0n) is 10.7. The molecule has 0 saturated heterocycles. The number of hydrogen-bond acceptors (Lipinski definition) is 3. The minimum Gasteiger partial charge on any atom is -0.328 e. The van der Waals surface area contributed by atoms with Crippen LogP contribution in [-0.2, 0) is 15.8 Å². The summed E-state index contributed by atoms with van der Waals surface area (Å²) in [6, 6.07) is 7.52. The molecule has 0 aliphatic rings. The van der Waals surface area contributed by atoms with Crippen molar-refractivity contribution in [3.05, 3.63) is 35.4 Å². The molecule has 6 heteroatoms. The Morgan fingerprint density at radius 2 is 2.06 bits per heavy atom. The average Bonchev–Trinajstić information content (AvgIpc) is 2.15. The van der Waals surface area contributed by atoms with Gasteiger partial charge in [0.15, 0.2) is 0 Å². The van der Waals surface area contributed by atoms with Gasteiger partial charge in [0.2, 0.25) is 10.0 Å². The van der Waals surface area contributed by atoms with Crippen LogP contribution in [0.25, 0.3) is 0 Å². The van der Waals surface area contributed by atoms with Gasteiger partial charge >= 0.3 is 0 Å². The number of nitrogens with two attached hydrogens (primary N) is 1. The fourth-order valence-corrected chi connectivity index (χ4v) is 2.66. The number of hydrogen-bond donors (Lipinski definition) is 2. The third-order valence-corrected chi connectivity index (χ3v) is 3.72. The maximum atomic E-state index is 11.7. The zero-order valence-corrected chi connectivity index (χ0v) is 12.4. The maximum Gasteiger partial charge on any atom is 0.215 e. The summed E-state index contributed by atoms with van der Waals surface area (Å²) in [7, 11) is -3.25. The molecule has 0 fully saturated rings. The molecule has 1 aromatic carbocycles. The fourth-order valence-electron chi connectivity index (χ4n) is 1.51. The first-order valence-corrected chi connectivity index (χ1v) is 7.33. The number of aryl methyl sites for hydroxylation is 1. The third kappa shape index (κ3) is 6.96. The Morgan fingerprint density at radius 3 is 2.61 bits per heavy atom. The quantitative estimate of drug-likeness (QED) is 0.836. The van der Waals surface area contributed by atoms with E-state index in [1.54, 1.807) is 0 Å². The van der Waals surface area contributed by atoms with Gasteiger partial charge in [-0.1, -0.05) is 29.8 Å². The first kappa shape index (κ1) is 17.4. The Morgan fingerprint density at radius 1 is 1.39 bits per heavy atom. The summed E-state index contributed by atoms with van der Waals surface area (Å²) >= 11 is 0. The normalized spacial score (nSPS) is 12.8. The largest absolute Gasteiger partial charge is 0.328 e. The van der Waals surface area contributed by atoms with E-state index in [0.29, 0.717) is 13.0 Å². The van der Waals surface area contributed by atoms with Gasteiger partial charge in [-0.25, -0.2) is 13.1 Å². The molecule has 1 unspecified atom stereocenters. The molecular formula is C12H21ClN2O2S. The van der Waals surface area contributed by atoms with Crippen LogP contribution in [0.4, 0.5) is 0 Å². The summed E-state index contributed by atoms with van der Waals surface area (Å²) in [6.07, 6.45) is 0.646. The highest BCUT2D eigenvalue weighted by Gasteiger charge is 2.11. The molecule has 0 aromatic heterocycles. The topological polar surface area (TPSA) is 72.2 Å². The lowest BCUT2D eigenvalue weighted by Crippen LogP contribution is -2.29. The molecule has 0 aliphatic carbocycles. The van der Waals surface area contributed by atoms with E-state index in [-0.39, 0.29) is 24.2 Å². The highest BCUT2D eigenvalue weighted by atomic mass is 35.5. The molecule has 3 N–H and O–H groups in total. The minimum absolute atomic E-state index is 0. The molecule has 0 spiro atoms. The van der Waals surface area contributed by atoms with Crippen LogP contribution in [0, 0.1) is 6.92 Å². The van der Waals surface area contributed by atoms with Crippen LogP contribution in [-0.4, -0.2) is 21.0 Å². The van der Waals surface area contributed by atoms with Crippen molar-refractivity contribution in [3.8, 4) is 0 Å². The van der Waals surface area contributed by atoms with Crippen molar-refractivity contribution in [2.24, 2.45) is 5.73 Å². The van der Waals surface area contributed by atoms with Gasteiger partial charge in [-0.05, 0) is 25.8 Å². The minimum atomic E-state index is -3.25. The molecule has 4 nitrogen and oxygen atoms in total. The molecule has 0 amide bonds. The van der Waals surface area contributed by atoms with Crippen LogP contribution in [0.5, 0.6) is 0 Å². The summed E-state index contributed by atoms with van der Waals surface area (Å²) < 4.78 is 26.0. The molecule has 1 rings (SSSR count). The van der Waals surface area contributed by atoms with Crippen LogP contribution in [0.3, 0.4) is 0 Å². The van der Waals surface area contributed by atoms with Crippen molar-refractivity contribution in [1.29, 1.82) is 0 Å². The van der Waals surface area contributed by atoms with E-state index in [1.807, 2.05) is 38.1 Å². The lowest BCUT2D eigenvalue weighted by atomic mass is 10.2. The molecular weight excluding hydrogens is 272 g/mol. The zero-order chi connectivity index (χ0) is 12.9. The second-order valence-electron chi connectivity index (χ2n) is 4.41. The number of sulfonamides is 1. The van der Waals surface area contributed by atoms with Gasteiger partial charge in [-0.15, -0.1) is 12.4 Å². The summed E-state index contributed by atoms with van der Waals surface area (Å²) in [4.78, 5) is 0. The summed E-state index contributed by atoms with van der Waals surface area (Å²) in [5.41, 5.74) is 7.43. The van der Waals surface area contributed by atoms with Gasteiger partial charge < -0.3 is 5.73 Å². The van der Waals surface area contributed by atoms with Crippen LogP contribution in [0.15, 0.2) is 24.3 Å². The first-order valence-electron chi connectivity index (χ1n) is 5.67. The summed E-state index contributed by atoms with van der Waals surface area (Å²) in [5.74, 6) is 0.0215. The van der Waals surface area contributed by atoms with Crippen molar-refractivity contribution in [3.63, 3.8) is 0 Å². The van der Waals surface area contributed by atoms with E-state index < -0.39 is 10.0 Å². The third-order valence-electron chi connectivity index (χ3n) is 2.36. The molecule has 104 valence electrons. The molecule has 18 heavy (non-hydrogen) atoms. The number of rotatable bonds is 6. The van der Waals surface area contributed by atoms with Gasteiger partial charge in [-0.2, -0.15) is 0 Å². The van der Waals surface area contributed by atoms with E-state index in [1.165, 1.54) is 0 Å². The Bertz CT molecular complexity index is 461. The smallest absolute Gasteiger partial charge is 0.215 e. The van der Waals surface area contributed by atoms with E-state index in [2.05, 4.69) is 4.72 Å². The van der Waals surface area contributed by atoms with Crippen molar-refractivity contribution in [2.75, 3.05) is 6.54 Å². The second kappa shape index (κ2) is 7.74. The van der Waals surface area contributed by atoms with Crippen LogP contribution in [0.1, 0.15) is 24.5 Å². The second-order valence-corrected chi connectivity index (χ2v) is 6.22. The van der Waals surface area contributed by atoms with E-state index in [4.69, 9.17) is 5.73 Å². The molecule has 1 aromatic rings. The van der Waals surface area contributed by atoms with Crippen LogP contribution < -0.4 is 10.5 Å². The molecule has 0 radical (unpaired) electrons. The van der Waals surface area contributed by atoms with Crippen molar-refractivity contribution in [2.45, 2.75) is 32.1 Å². The predicted molar refractivity (Wildman–Crippen MR) is 77.3 cm³/mol. The number of halogens is 1. The van der Waals surface area contributed by atoms with Gasteiger partial charge in [0.1, 0.15) is 0 Å². The number of nitrogens with one attached hydrogen (secondary N) is 1. The lowest BCUT2D eigenvalue weighted by molar-refractivity contribution is 0.571. The molecule has 0 heterocycles. The SMILES string of the molecule is Cc1cccc(CS(=O)(=O)NCCC(C)N)c1.Cl. The van der Waals surface area contributed by atoms with Gasteiger partial charge in [0.25, 0.3) is 0 Å². The summed E-state index contributed by atoms with van der Waals surface area (Å²) in [6.45, 7) is 4.19. The van der Waals surface area contributed by atoms with E-state index in [0.717, 1.165) is 11.1 Å². The van der Waals surface area contributed by atoms with Crippen molar-refractivity contribution >= 4 is 22.4 Å². The predicted octanol–water partition coefficient (Wildman–Crippen LogP) is 1.57. The Hall–Kier alpha value is -0.620. The molecule has 0 aliphatic heterocycles.